The van der Waals surface area contributed by atoms with Crippen molar-refractivity contribution in [2.45, 2.75) is 0 Å². The zero-order valence-electron chi connectivity index (χ0n) is 8.52. The molecule has 0 spiro atoms. The second kappa shape index (κ2) is 10.6. The molecular weight excluding hydrogens is 204 g/mol. The number of hydrogen-bond donors (Lipinski definition) is 1. The number of alkyl carbamates (subject to hydrolysis) is 1. The van der Waals surface area contributed by atoms with Crippen LogP contribution >= 0.6 is 0 Å². The Bertz CT molecular complexity index is 215. The van der Waals surface area contributed by atoms with Crippen molar-refractivity contribution in [2.24, 2.45) is 4.99 Å². The Hall–Kier alpha value is -1.43. The van der Waals surface area contributed by atoms with Crippen molar-refractivity contribution in [2.75, 3.05) is 40.2 Å². The van der Waals surface area contributed by atoms with Crippen LogP contribution in [0.4, 0.5) is 4.79 Å². The number of methoxy groups -OCH3 is 1. The predicted molar refractivity (Wildman–Crippen MR) is 50.2 cm³/mol. The van der Waals surface area contributed by atoms with Crippen LogP contribution in [0.5, 0.6) is 0 Å². The highest BCUT2D eigenvalue weighted by Crippen LogP contribution is 1.81. The number of hydrogen-bond acceptors (Lipinski definition) is 6. The summed E-state index contributed by atoms with van der Waals surface area (Å²) in [4.78, 5) is 23.6. The largest absolute Gasteiger partial charge is 0.447 e. The average Bonchev–Trinajstić information content (AvgIpc) is 2.23. The normalized spacial score (nSPS) is 9.13. The number of isocyanates is 1. The first kappa shape index (κ1) is 13.6. The molecule has 0 bridgehead atoms. The van der Waals surface area contributed by atoms with Crippen molar-refractivity contribution in [3.63, 3.8) is 0 Å². The van der Waals surface area contributed by atoms with Crippen LogP contribution in [0.3, 0.4) is 0 Å². The first-order valence-electron chi connectivity index (χ1n) is 4.32. The Balaban J connectivity index is 3.20. The molecule has 0 unspecified atom stereocenters. The highest BCUT2D eigenvalue weighted by Gasteiger charge is 1.98. The lowest BCUT2D eigenvalue weighted by Crippen LogP contribution is -2.25. The lowest BCUT2D eigenvalue weighted by molar-refractivity contribution is 0.0422. The van der Waals surface area contributed by atoms with Crippen LogP contribution in [0.1, 0.15) is 0 Å². The van der Waals surface area contributed by atoms with Crippen molar-refractivity contribution in [3.05, 3.63) is 0 Å². The minimum atomic E-state index is -0.649. The molecule has 0 saturated heterocycles. The monoisotopic (exact) mass is 218 g/mol. The minimum absolute atomic E-state index is 0.132. The van der Waals surface area contributed by atoms with Crippen LogP contribution in [0, 0.1) is 0 Å². The number of ether oxygens (including phenoxy) is 3. The van der Waals surface area contributed by atoms with Gasteiger partial charge >= 0.3 is 6.09 Å². The van der Waals surface area contributed by atoms with E-state index in [0.29, 0.717) is 19.8 Å². The minimum Gasteiger partial charge on any atom is -0.447 e. The van der Waals surface area contributed by atoms with Crippen LogP contribution in [0.2, 0.25) is 0 Å². The molecule has 7 nitrogen and oxygen atoms in total. The Kier molecular flexibility index (Phi) is 9.63. The van der Waals surface area contributed by atoms with Gasteiger partial charge in [-0.15, -0.1) is 0 Å². The lowest BCUT2D eigenvalue weighted by Gasteiger charge is -2.05. The molecule has 0 aliphatic carbocycles. The molecule has 0 aliphatic heterocycles. The molecule has 15 heavy (non-hydrogen) atoms. The summed E-state index contributed by atoms with van der Waals surface area (Å²) in [6, 6.07) is 0. The summed E-state index contributed by atoms with van der Waals surface area (Å²) < 4.78 is 14.4. The standard InChI is InChI=1S/C8H14N2O5/c1-13-2-3-14-4-5-15-8(12)10-6-9-7-11/h2-6H2,1H3,(H,10,12). The summed E-state index contributed by atoms with van der Waals surface area (Å²) in [5, 5.41) is 2.22. The number of rotatable bonds is 8. The van der Waals surface area contributed by atoms with E-state index in [-0.39, 0.29) is 13.3 Å². The maximum Gasteiger partial charge on any atom is 0.408 e. The van der Waals surface area contributed by atoms with Crippen LogP contribution in [0.15, 0.2) is 4.99 Å². The molecular formula is C8H14N2O5. The summed E-state index contributed by atoms with van der Waals surface area (Å²) in [7, 11) is 1.57. The third kappa shape index (κ3) is 10.5. The van der Waals surface area contributed by atoms with Gasteiger partial charge in [-0.25, -0.2) is 9.59 Å². The van der Waals surface area contributed by atoms with Gasteiger partial charge in [-0.3, -0.25) is 0 Å². The van der Waals surface area contributed by atoms with E-state index >= 15 is 0 Å². The van der Waals surface area contributed by atoms with Gasteiger partial charge in [0.2, 0.25) is 6.08 Å². The Labute approximate surface area is 87.4 Å². The van der Waals surface area contributed by atoms with Gasteiger partial charge in [0.1, 0.15) is 13.3 Å². The van der Waals surface area contributed by atoms with E-state index in [1.165, 1.54) is 6.08 Å². The number of carbonyl (C=O) groups excluding carboxylic acids is 2. The molecule has 0 aromatic carbocycles. The molecule has 86 valence electrons. The number of nitrogens with zero attached hydrogens (tertiary/aromatic N) is 1. The predicted octanol–water partition coefficient (Wildman–Crippen LogP) is -0.331. The molecule has 1 N–H and O–H groups in total. The smallest absolute Gasteiger partial charge is 0.408 e. The molecule has 0 aliphatic rings. The van der Waals surface area contributed by atoms with Crippen LogP contribution < -0.4 is 5.32 Å². The van der Waals surface area contributed by atoms with Gasteiger partial charge in [0.15, 0.2) is 0 Å². The topological polar surface area (TPSA) is 86.2 Å². The van der Waals surface area contributed by atoms with Crippen LogP contribution in [-0.2, 0) is 19.0 Å². The van der Waals surface area contributed by atoms with E-state index in [1.54, 1.807) is 7.11 Å². The third-order valence-electron chi connectivity index (χ3n) is 1.26. The highest BCUT2D eigenvalue weighted by molar-refractivity contribution is 5.67. The van der Waals surface area contributed by atoms with Crippen molar-refractivity contribution >= 4 is 12.2 Å². The molecule has 0 rings (SSSR count). The van der Waals surface area contributed by atoms with E-state index in [1.807, 2.05) is 0 Å². The number of aliphatic imine (C=N–C) groups is 1. The maximum absolute atomic E-state index is 10.8. The fourth-order valence-corrected chi connectivity index (χ4v) is 0.625. The number of carbonyl (C=O) groups is 1. The van der Waals surface area contributed by atoms with Crippen molar-refractivity contribution in [1.29, 1.82) is 0 Å². The van der Waals surface area contributed by atoms with E-state index in [0.717, 1.165) is 0 Å². The fourth-order valence-electron chi connectivity index (χ4n) is 0.625. The molecule has 0 atom stereocenters. The molecule has 0 fully saturated rings. The van der Waals surface area contributed by atoms with E-state index in [9.17, 15) is 9.59 Å². The Morgan fingerprint density at radius 2 is 2.07 bits per heavy atom. The zero-order valence-corrected chi connectivity index (χ0v) is 8.52. The second-order valence-corrected chi connectivity index (χ2v) is 2.33. The van der Waals surface area contributed by atoms with Gasteiger partial charge in [0.25, 0.3) is 0 Å². The molecule has 0 aromatic heterocycles. The van der Waals surface area contributed by atoms with Gasteiger partial charge in [0, 0.05) is 7.11 Å². The quantitative estimate of drug-likeness (QED) is 0.342. The van der Waals surface area contributed by atoms with Gasteiger partial charge in [0.05, 0.1) is 19.8 Å². The van der Waals surface area contributed by atoms with Crippen LogP contribution in [-0.4, -0.2) is 52.4 Å². The first-order chi connectivity index (χ1) is 7.31. The average molecular weight is 218 g/mol. The van der Waals surface area contributed by atoms with E-state index in [2.05, 4.69) is 15.0 Å². The number of amides is 1. The zero-order chi connectivity index (χ0) is 11.4. The van der Waals surface area contributed by atoms with Crippen molar-refractivity contribution < 1.29 is 23.8 Å². The molecule has 7 heteroatoms. The SMILES string of the molecule is COCCOCCOC(=O)NCN=C=O. The maximum atomic E-state index is 10.8. The summed E-state index contributed by atoms with van der Waals surface area (Å²) >= 11 is 0. The Morgan fingerprint density at radius 1 is 1.33 bits per heavy atom. The van der Waals surface area contributed by atoms with Gasteiger partial charge < -0.3 is 19.5 Å². The summed E-state index contributed by atoms with van der Waals surface area (Å²) in [5.41, 5.74) is 0. The van der Waals surface area contributed by atoms with Gasteiger partial charge in [-0.05, 0) is 0 Å². The number of nitrogens with one attached hydrogen (secondary N) is 1. The molecule has 0 heterocycles. The summed E-state index contributed by atoms with van der Waals surface area (Å²) in [5.74, 6) is 0. The lowest BCUT2D eigenvalue weighted by atomic mass is 10.7. The summed E-state index contributed by atoms with van der Waals surface area (Å²) in [6.07, 6.45) is 0.631. The van der Waals surface area contributed by atoms with E-state index in [4.69, 9.17) is 9.47 Å². The van der Waals surface area contributed by atoms with Crippen molar-refractivity contribution in [3.8, 4) is 0 Å². The first-order valence-corrected chi connectivity index (χ1v) is 4.32. The molecule has 0 aromatic rings. The van der Waals surface area contributed by atoms with Gasteiger partial charge in [-0.2, -0.15) is 4.99 Å². The van der Waals surface area contributed by atoms with Crippen LogP contribution in [0.25, 0.3) is 0 Å². The van der Waals surface area contributed by atoms with E-state index < -0.39 is 6.09 Å². The molecule has 0 saturated carbocycles. The third-order valence-corrected chi connectivity index (χ3v) is 1.26. The Morgan fingerprint density at radius 3 is 2.73 bits per heavy atom. The van der Waals surface area contributed by atoms with Crippen molar-refractivity contribution in [1.82, 2.24) is 5.32 Å². The molecule has 0 radical (unpaired) electrons. The van der Waals surface area contributed by atoms with Gasteiger partial charge in [-0.1, -0.05) is 0 Å². The summed E-state index contributed by atoms with van der Waals surface area (Å²) in [6.45, 7) is 1.26. The highest BCUT2D eigenvalue weighted by atomic mass is 16.6. The second-order valence-electron chi connectivity index (χ2n) is 2.33. The fraction of sp³-hybridized carbons (Fsp3) is 0.750. The molecule has 1 amide bonds.